The molecule has 1 aromatic carbocycles. The molecule has 0 aliphatic rings. The van der Waals surface area contributed by atoms with Crippen molar-refractivity contribution in [2.75, 3.05) is 19.8 Å². The summed E-state index contributed by atoms with van der Waals surface area (Å²) in [7, 11) is 0. The summed E-state index contributed by atoms with van der Waals surface area (Å²) in [6, 6.07) is 5.18. The minimum Gasteiger partial charge on any atom is -0.504 e. The van der Waals surface area contributed by atoms with Crippen LogP contribution in [0.15, 0.2) is 18.2 Å². The fourth-order valence-electron chi connectivity index (χ4n) is 1.38. The number of benzene rings is 1. The second-order valence-electron chi connectivity index (χ2n) is 4.24. The summed E-state index contributed by atoms with van der Waals surface area (Å²) in [4.78, 5) is 10.8. The van der Waals surface area contributed by atoms with Crippen LogP contribution in [0.5, 0.6) is 11.5 Å². The molecule has 3 N–H and O–H groups in total. The highest BCUT2D eigenvalue weighted by Gasteiger charge is 2.04. The number of phenolic OH excluding ortho intramolecular Hbond substituents is 1. The third-order valence-corrected chi connectivity index (χ3v) is 2.41. The molecule has 5 nitrogen and oxygen atoms in total. The average Bonchev–Trinajstić information content (AvgIpc) is 2.41. The molecule has 0 atom stereocenters. The number of ether oxygens (including phenoxy) is 1. The number of hydrogen-bond donors (Lipinski definition) is 3. The van der Waals surface area contributed by atoms with Crippen molar-refractivity contribution in [1.82, 2.24) is 0 Å². The lowest BCUT2D eigenvalue weighted by atomic mass is 10.1. The number of carbonyl (C=O) groups excluding carboxylic acids is 1. The van der Waals surface area contributed by atoms with Gasteiger partial charge in [-0.3, -0.25) is 0 Å². The van der Waals surface area contributed by atoms with Crippen molar-refractivity contribution in [1.29, 1.82) is 0 Å². The molecule has 0 unspecified atom stereocenters. The Hall–Kier alpha value is -1.59. The predicted molar refractivity (Wildman–Crippen MR) is 77.1 cm³/mol. The Morgan fingerprint density at radius 2 is 1.90 bits per heavy atom. The molecule has 0 bridgehead atoms. The lowest BCUT2D eigenvalue weighted by Gasteiger charge is -2.07. The highest BCUT2D eigenvalue weighted by molar-refractivity contribution is 5.75. The van der Waals surface area contributed by atoms with Crippen LogP contribution in [-0.2, 0) is 11.2 Å². The largest absolute Gasteiger partial charge is 0.504 e. The number of hydrogen-bond acceptors (Lipinski definition) is 5. The van der Waals surface area contributed by atoms with Crippen molar-refractivity contribution in [2.24, 2.45) is 0 Å². The van der Waals surface area contributed by atoms with Crippen LogP contribution in [-0.4, -0.2) is 40.9 Å². The first kappa shape index (κ1) is 18.4. The second-order valence-corrected chi connectivity index (χ2v) is 4.24. The van der Waals surface area contributed by atoms with Gasteiger partial charge in [-0.2, -0.15) is 0 Å². The van der Waals surface area contributed by atoms with E-state index in [1.807, 2.05) is 6.92 Å². The van der Waals surface area contributed by atoms with Crippen molar-refractivity contribution in [3.05, 3.63) is 23.8 Å². The highest BCUT2D eigenvalue weighted by atomic mass is 16.5. The molecule has 5 heteroatoms. The van der Waals surface area contributed by atoms with Crippen LogP contribution in [0.1, 0.15) is 32.3 Å². The number of aliphatic hydroxyl groups excluding tert-OH is 2. The molecule has 0 fully saturated rings. The van der Waals surface area contributed by atoms with Crippen molar-refractivity contribution >= 4 is 5.78 Å². The maximum Gasteiger partial charge on any atom is 0.161 e. The average molecular weight is 284 g/mol. The zero-order valence-corrected chi connectivity index (χ0v) is 12.1. The van der Waals surface area contributed by atoms with E-state index >= 15 is 0 Å². The number of rotatable bonds is 7. The first-order valence-electron chi connectivity index (χ1n) is 6.71. The number of aryl methyl sites for hydroxylation is 1. The van der Waals surface area contributed by atoms with Crippen LogP contribution in [0.25, 0.3) is 0 Å². The minimum atomic E-state index is 0.0938. The SMILES string of the molecule is CCOc1cc(CCC(C)=O)ccc1O.OCCCO. The third kappa shape index (κ3) is 8.50. The van der Waals surface area contributed by atoms with Gasteiger partial charge in [0.2, 0.25) is 0 Å². The van der Waals surface area contributed by atoms with E-state index in [4.69, 9.17) is 14.9 Å². The van der Waals surface area contributed by atoms with Crippen LogP contribution in [0.4, 0.5) is 0 Å². The molecular weight excluding hydrogens is 260 g/mol. The number of phenols is 1. The quantitative estimate of drug-likeness (QED) is 0.709. The molecule has 0 amide bonds. The predicted octanol–water partition coefficient (Wildman–Crippen LogP) is 1.67. The van der Waals surface area contributed by atoms with Gasteiger partial charge in [-0.25, -0.2) is 0 Å². The van der Waals surface area contributed by atoms with Gasteiger partial charge in [0.05, 0.1) is 6.61 Å². The summed E-state index contributed by atoms with van der Waals surface area (Å²) in [5.41, 5.74) is 1.01. The van der Waals surface area contributed by atoms with Crippen LogP contribution in [0.3, 0.4) is 0 Å². The topological polar surface area (TPSA) is 87.0 Å². The maximum absolute atomic E-state index is 10.8. The van der Waals surface area contributed by atoms with Gasteiger partial charge in [0.1, 0.15) is 5.78 Å². The third-order valence-electron chi connectivity index (χ3n) is 2.41. The lowest BCUT2D eigenvalue weighted by molar-refractivity contribution is -0.116. The monoisotopic (exact) mass is 284 g/mol. The number of carbonyl (C=O) groups is 1. The van der Waals surface area contributed by atoms with Gasteiger partial charge in [-0.1, -0.05) is 6.07 Å². The Balaban J connectivity index is 0.000000621. The van der Waals surface area contributed by atoms with E-state index in [1.54, 1.807) is 25.1 Å². The summed E-state index contributed by atoms with van der Waals surface area (Å²) in [5, 5.41) is 25.3. The number of ketones is 1. The summed E-state index contributed by atoms with van der Waals surface area (Å²) in [6.07, 6.45) is 1.71. The molecule has 0 saturated heterocycles. The molecule has 0 radical (unpaired) electrons. The van der Waals surface area contributed by atoms with Crippen LogP contribution in [0, 0.1) is 0 Å². The second kappa shape index (κ2) is 11.3. The molecule has 20 heavy (non-hydrogen) atoms. The lowest BCUT2D eigenvalue weighted by Crippen LogP contribution is -1.96. The summed E-state index contributed by atoms with van der Waals surface area (Å²) < 4.78 is 5.25. The van der Waals surface area contributed by atoms with Crippen molar-refractivity contribution in [3.63, 3.8) is 0 Å². The van der Waals surface area contributed by atoms with E-state index in [0.717, 1.165) is 5.56 Å². The molecule has 0 aliphatic heterocycles. The molecular formula is C15H24O5. The fourth-order valence-corrected chi connectivity index (χ4v) is 1.38. The normalized spacial score (nSPS) is 9.60. The Kier molecular flexibility index (Phi) is 10.4. The van der Waals surface area contributed by atoms with Crippen LogP contribution >= 0.6 is 0 Å². The molecule has 0 aliphatic carbocycles. The van der Waals surface area contributed by atoms with E-state index < -0.39 is 0 Å². The van der Waals surface area contributed by atoms with Gasteiger partial charge in [-0.05, 0) is 44.4 Å². The maximum atomic E-state index is 10.8. The van der Waals surface area contributed by atoms with E-state index in [9.17, 15) is 9.90 Å². The van der Waals surface area contributed by atoms with Crippen LogP contribution in [0.2, 0.25) is 0 Å². The standard InChI is InChI=1S/C12H16O3.C3H8O2/c1-3-15-12-8-10(5-4-9(2)13)6-7-11(12)14;4-2-1-3-5/h6-8,14H,3-5H2,1-2H3;4-5H,1-3H2. The van der Waals surface area contributed by atoms with Gasteiger partial charge in [-0.15, -0.1) is 0 Å². The zero-order chi connectivity index (χ0) is 15.4. The van der Waals surface area contributed by atoms with Gasteiger partial charge in [0, 0.05) is 19.6 Å². The van der Waals surface area contributed by atoms with Crippen LogP contribution < -0.4 is 4.74 Å². The Morgan fingerprint density at radius 3 is 2.35 bits per heavy atom. The smallest absolute Gasteiger partial charge is 0.161 e. The summed E-state index contributed by atoms with van der Waals surface area (Å²) >= 11 is 0. The number of Topliss-reactive ketones (excluding diaryl/α,β-unsaturated/α-hetero) is 1. The van der Waals surface area contributed by atoms with Crippen molar-refractivity contribution < 1.29 is 24.9 Å². The number of aliphatic hydroxyl groups is 2. The first-order valence-corrected chi connectivity index (χ1v) is 6.71. The molecule has 1 aromatic rings. The summed E-state index contributed by atoms with van der Waals surface area (Å²) in [6.45, 7) is 4.14. The zero-order valence-electron chi connectivity index (χ0n) is 12.1. The molecule has 1 rings (SSSR count). The van der Waals surface area contributed by atoms with Gasteiger partial charge < -0.3 is 24.9 Å². The van der Waals surface area contributed by atoms with Crippen molar-refractivity contribution in [2.45, 2.75) is 33.1 Å². The van der Waals surface area contributed by atoms with E-state index in [0.29, 0.717) is 31.6 Å². The number of aromatic hydroxyl groups is 1. The highest BCUT2D eigenvalue weighted by Crippen LogP contribution is 2.27. The van der Waals surface area contributed by atoms with Gasteiger partial charge in [0.15, 0.2) is 11.5 Å². The Morgan fingerprint density at radius 1 is 1.25 bits per heavy atom. The van der Waals surface area contributed by atoms with E-state index in [1.165, 1.54) is 0 Å². The Labute approximate surface area is 119 Å². The van der Waals surface area contributed by atoms with Gasteiger partial charge in [0.25, 0.3) is 0 Å². The Bertz CT molecular complexity index is 388. The molecule has 114 valence electrons. The molecule has 0 spiro atoms. The molecule has 0 heterocycles. The summed E-state index contributed by atoms with van der Waals surface area (Å²) in [5.74, 6) is 0.794. The van der Waals surface area contributed by atoms with E-state index in [2.05, 4.69) is 0 Å². The van der Waals surface area contributed by atoms with Crippen molar-refractivity contribution in [3.8, 4) is 11.5 Å². The van der Waals surface area contributed by atoms with Gasteiger partial charge >= 0.3 is 0 Å². The fraction of sp³-hybridized carbons (Fsp3) is 0.533. The molecule has 0 saturated carbocycles. The van der Waals surface area contributed by atoms with E-state index in [-0.39, 0.29) is 24.7 Å². The minimum absolute atomic E-state index is 0.0938. The first-order chi connectivity index (χ1) is 9.54. The molecule has 0 aromatic heterocycles.